The van der Waals surface area contributed by atoms with Crippen LogP contribution in [0.15, 0.2) is 29.7 Å². The number of rotatable bonds is 2. The average molecular weight is 236 g/mol. The monoisotopic (exact) mass is 236 g/mol. The van der Waals surface area contributed by atoms with Crippen molar-refractivity contribution in [3.8, 4) is 0 Å². The Morgan fingerprint density at radius 1 is 1.40 bits per heavy atom. The molecule has 0 aliphatic rings. The molecule has 2 nitrogen and oxygen atoms in total. The van der Waals surface area contributed by atoms with Crippen molar-refractivity contribution in [3.63, 3.8) is 0 Å². The van der Waals surface area contributed by atoms with Crippen LogP contribution in [0.25, 0.3) is 6.08 Å². The maximum atomic E-state index is 12.4. The van der Waals surface area contributed by atoms with E-state index in [2.05, 4.69) is 6.58 Å². The lowest BCUT2D eigenvalue weighted by molar-refractivity contribution is -0.139. The summed E-state index contributed by atoms with van der Waals surface area (Å²) in [6, 6.07) is 3.22. The van der Waals surface area contributed by atoms with E-state index >= 15 is 0 Å². The predicted octanol–water partition coefficient (Wildman–Crippen LogP) is 2.93. The van der Waals surface area contributed by atoms with Crippen LogP contribution in [0, 0.1) is 0 Å². The van der Waals surface area contributed by atoms with Crippen molar-refractivity contribution in [1.29, 1.82) is 0 Å². The molecule has 1 aromatic carbocycles. The molecule has 1 unspecified atom stereocenters. The van der Waals surface area contributed by atoms with Gasteiger partial charge in [0.2, 0.25) is 0 Å². The molecule has 0 aromatic heterocycles. The van der Waals surface area contributed by atoms with Crippen LogP contribution in [-0.4, -0.2) is 8.76 Å². The lowest BCUT2D eigenvalue weighted by Crippen LogP contribution is -2.11. The zero-order valence-electron chi connectivity index (χ0n) is 7.41. The second kappa shape index (κ2) is 4.16. The van der Waals surface area contributed by atoms with Gasteiger partial charge in [-0.3, -0.25) is 0 Å². The van der Waals surface area contributed by atoms with Gasteiger partial charge in [-0.2, -0.15) is 13.2 Å². The van der Waals surface area contributed by atoms with Gasteiger partial charge >= 0.3 is 6.18 Å². The molecule has 0 aliphatic carbocycles. The lowest BCUT2D eigenvalue weighted by Gasteiger charge is -2.12. The molecule has 1 aromatic rings. The second-order valence-electron chi connectivity index (χ2n) is 2.67. The zero-order chi connectivity index (χ0) is 11.6. The van der Waals surface area contributed by atoms with Crippen molar-refractivity contribution < 1.29 is 21.9 Å². The van der Waals surface area contributed by atoms with Gasteiger partial charge in [-0.1, -0.05) is 24.8 Å². The minimum atomic E-state index is -4.65. The molecule has 82 valence electrons. The highest BCUT2D eigenvalue weighted by Gasteiger charge is 2.35. The molecule has 0 radical (unpaired) electrons. The molecular weight excluding hydrogens is 229 g/mol. The summed E-state index contributed by atoms with van der Waals surface area (Å²) in [5.41, 5.74) is -1.11. The highest BCUT2D eigenvalue weighted by atomic mass is 32.2. The molecule has 6 heteroatoms. The van der Waals surface area contributed by atoms with Gasteiger partial charge in [0.05, 0.1) is 10.5 Å². The normalized spacial score (nSPS) is 13.6. The first-order chi connectivity index (χ1) is 6.88. The van der Waals surface area contributed by atoms with E-state index in [-0.39, 0.29) is 5.56 Å². The van der Waals surface area contributed by atoms with Gasteiger partial charge in [-0.05, 0) is 11.6 Å². The van der Waals surface area contributed by atoms with E-state index < -0.39 is 27.7 Å². The highest BCUT2D eigenvalue weighted by Crippen LogP contribution is 2.35. The van der Waals surface area contributed by atoms with Crippen LogP contribution in [0.3, 0.4) is 0 Å². The molecule has 0 saturated carbocycles. The van der Waals surface area contributed by atoms with Gasteiger partial charge in [0.1, 0.15) is 0 Å². The first kappa shape index (κ1) is 11.9. The summed E-state index contributed by atoms with van der Waals surface area (Å²) < 4.78 is 57.0. The summed E-state index contributed by atoms with van der Waals surface area (Å²) in [6.45, 7) is 3.28. The number of hydrogen-bond donors (Lipinski definition) is 1. The summed E-state index contributed by atoms with van der Waals surface area (Å²) in [5, 5.41) is 0. The number of alkyl halides is 3. The summed E-state index contributed by atoms with van der Waals surface area (Å²) in [7, 11) is 0. The van der Waals surface area contributed by atoms with Gasteiger partial charge in [0.25, 0.3) is 0 Å². The smallest absolute Gasteiger partial charge is 0.302 e. The van der Waals surface area contributed by atoms with E-state index in [4.69, 9.17) is 4.55 Å². The molecule has 1 atom stereocenters. The number of benzene rings is 1. The maximum Gasteiger partial charge on any atom is 0.417 e. The van der Waals surface area contributed by atoms with Crippen LogP contribution in [0.5, 0.6) is 0 Å². The molecule has 15 heavy (non-hydrogen) atoms. The first-order valence-corrected chi connectivity index (χ1v) is 4.92. The molecule has 0 aliphatic heterocycles. The Morgan fingerprint density at radius 3 is 2.40 bits per heavy atom. The highest BCUT2D eigenvalue weighted by molar-refractivity contribution is 7.79. The van der Waals surface area contributed by atoms with Crippen molar-refractivity contribution >= 4 is 17.2 Å². The fourth-order valence-corrected chi connectivity index (χ4v) is 1.86. The number of halogens is 3. The molecule has 0 fully saturated rings. The Kier molecular flexibility index (Phi) is 3.31. The minimum absolute atomic E-state index is 0.00524. The zero-order valence-corrected chi connectivity index (χ0v) is 8.23. The Hall–Kier alpha value is -1.14. The van der Waals surface area contributed by atoms with Gasteiger partial charge < -0.3 is 4.55 Å². The Labute approximate surface area is 86.7 Å². The average Bonchev–Trinajstić information content (AvgIpc) is 2.15. The molecule has 0 saturated heterocycles. The minimum Gasteiger partial charge on any atom is -0.302 e. The summed E-state index contributed by atoms with van der Waals surface area (Å²) >= 11 is -2.69. The molecule has 0 heterocycles. The SMILES string of the molecule is C=Cc1cccc(C(F)(F)F)c1S(=O)O. The Morgan fingerprint density at radius 2 is 2.00 bits per heavy atom. The van der Waals surface area contributed by atoms with E-state index in [1.165, 1.54) is 6.07 Å². The predicted molar refractivity (Wildman–Crippen MR) is 50.6 cm³/mol. The van der Waals surface area contributed by atoms with Gasteiger partial charge in [-0.25, -0.2) is 4.21 Å². The van der Waals surface area contributed by atoms with E-state index in [1.54, 1.807) is 0 Å². The number of hydrogen-bond acceptors (Lipinski definition) is 1. The van der Waals surface area contributed by atoms with E-state index in [0.29, 0.717) is 0 Å². The van der Waals surface area contributed by atoms with Crippen molar-refractivity contribution in [2.75, 3.05) is 0 Å². The van der Waals surface area contributed by atoms with E-state index in [0.717, 1.165) is 18.2 Å². The fraction of sp³-hybridized carbons (Fsp3) is 0.111. The molecule has 0 spiro atoms. The third-order valence-corrected chi connectivity index (χ3v) is 2.55. The molecule has 1 rings (SSSR count). The maximum absolute atomic E-state index is 12.4. The van der Waals surface area contributed by atoms with Crippen molar-refractivity contribution in [1.82, 2.24) is 0 Å². The molecular formula is C9H7F3O2S. The van der Waals surface area contributed by atoms with Crippen molar-refractivity contribution in [3.05, 3.63) is 35.9 Å². The first-order valence-electron chi connectivity index (χ1n) is 3.81. The van der Waals surface area contributed by atoms with Gasteiger partial charge in [-0.15, -0.1) is 0 Å². The van der Waals surface area contributed by atoms with Crippen molar-refractivity contribution in [2.24, 2.45) is 0 Å². The quantitative estimate of drug-likeness (QED) is 0.801. The van der Waals surface area contributed by atoms with E-state index in [9.17, 15) is 17.4 Å². The van der Waals surface area contributed by atoms with Crippen LogP contribution in [0.1, 0.15) is 11.1 Å². The lowest BCUT2D eigenvalue weighted by atomic mass is 10.1. The largest absolute Gasteiger partial charge is 0.417 e. The fourth-order valence-electron chi connectivity index (χ4n) is 1.13. The van der Waals surface area contributed by atoms with E-state index in [1.807, 2.05) is 0 Å². The van der Waals surface area contributed by atoms with Crippen molar-refractivity contribution in [2.45, 2.75) is 11.1 Å². The summed E-state index contributed by atoms with van der Waals surface area (Å²) in [5.74, 6) is 0. The van der Waals surface area contributed by atoms with Crippen LogP contribution in [0.2, 0.25) is 0 Å². The Balaban J connectivity index is 3.52. The van der Waals surface area contributed by atoms with Gasteiger partial charge in [0.15, 0.2) is 11.1 Å². The van der Waals surface area contributed by atoms with Crippen LogP contribution in [-0.2, 0) is 17.3 Å². The molecule has 0 bridgehead atoms. The van der Waals surface area contributed by atoms with Crippen LogP contribution in [0.4, 0.5) is 13.2 Å². The van der Waals surface area contributed by atoms with Crippen LogP contribution >= 0.6 is 0 Å². The van der Waals surface area contributed by atoms with Crippen LogP contribution < -0.4 is 0 Å². The standard InChI is InChI=1S/C9H7F3O2S/c1-2-6-4-3-5-7(9(10,11)12)8(6)15(13)14/h2-5H,1H2,(H,13,14). The summed E-state index contributed by atoms with van der Waals surface area (Å²) in [6.07, 6.45) is -3.54. The third-order valence-electron chi connectivity index (χ3n) is 1.75. The van der Waals surface area contributed by atoms with Gasteiger partial charge in [0, 0.05) is 0 Å². The molecule has 0 amide bonds. The summed E-state index contributed by atoms with van der Waals surface area (Å²) in [4.78, 5) is -0.653. The molecule has 1 N–H and O–H groups in total. The second-order valence-corrected chi connectivity index (χ2v) is 3.58. The Bertz CT molecular complexity index is 412. The topological polar surface area (TPSA) is 37.3 Å². The third kappa shape index (κ3) is 2.45.